The number of fused-ring (bicyclic) bond motifs is 3. The lowest BCUT2D eigenvalue weighted by Crippen LogP contribution is -1.99. The van der Waals surface area contributed by atoms with Gasteiger partial charge in [-0.2, -0.15) is 0 Å². The molecule has 4 aromatic carbocycles. The summed E-state index contributed by atoms with van der Waals surface area (Å²) in [4.78, 5) is 0. The van der Waals surface area contributed by atoms with E-state index in [0.29, 0.717) is 0 Å². The molecule has 0 aliphatic heterocycles. The van der Waals surface area contributed by atoms with Crippen LogP contribution in [0.3, 0.4) is 0 Å². The van der Waals surface area contributed by atoms with Crippen molar-refractivity contribution in [3.05, 3.63) is 107 Å². The Labute approximate surface area is 301 Å². The molecule has 0 heteroatoms. The fourth-order valence-electron chi connectivity index (χ4n) is 8.33. The maximum atomic E-state index is 2.46. The zero-order chi connectivity index (χ0) is 33.9. The van der Waals surface area contributed by atoms with E-state index in [1.807, 2.05) is 0 Å². The van der Waals surface area contributed by atoms with Gasteiger partial charge in [0, 0.05) is 0 Å². The van der Waals surface area contributed by atoms with Gasteiger partial charge in [-0.25, -0.2) is 0 Å². The van der Waals surface area contributed by atoms with Crippen molar-refractivity contribution < 1.29 is 0 Å². The standard InChI is InChI=1S/C49H66/c1-3-5-7-9-11-13-15-17-19-21-29-40-31-23-26-34-43(40)47-38-37-46-44-35-27-25-33-42(44)39-48(46)49(47)45-36-28-24-32-41(45)30-22-20-18-16-14-12-10-8-6-4-2/h23-28,31-38H,3-22,29-30,39H2,1-2H3. The van der Waals surface area contributed by atoms with E-state index in [1.165, 1.54) is 197 Å². The van der Waals surface area contributed by atoms with E-state index < -0.39 is 0 Å². The normalized spacial score (nSPS) is 12.0. The summed E-state index contributed by atoms with van der Waals surface area (Å²) in [5, 5.41) is 0. The number of unbranched alkanes of at least 4 members (excludes halogenated alkanes) is 18. The number of rotatable bonds is 24. The minimum absolute atomic E-state index is 1.03. The van der Waals surface area contributed by atoms with E-state index in [2.05, 4.69) is 98.8 Å². The molecule has 0 heterocycles. The molecule has 0 spiro atoms. The summed E-state index contributed by atoms with van der Waals surface area (Å²) in [5.41, 5.74) is 14.8. The Morgan fingerprint density at radius 1 is 0.347 bits per heavy atom. The third kappa shape index (κ3) is 10.9. The fourth-order valence-corrected chi connectivity index (χ4v) is 8.33. The smallest absolute Gasteiger partial charge is 0.000706 e. The Balaban J connectivity index is 1.30. The van der Waals surface area contributed by atoms with Crippen molar-refractivity contribution in [1.29, 1.82) is 0 Å². The molecule has 1 aliphatic carbocycles. The van der Waals surface area contributed by atoms with Gasteiger partial charge in [-0.05, 0) is 87.7 Å². The van der Waals surface area contributed by atoms with E-state index in [9.17, 15) is 0 Å². The first-order valence-electron chi connectivity index (χ1n) is 20.7. The molecule has 0 nitrogen and oxygen atoms in total. The van der Waals surface area contributed by atoms with Gasteiger partial charge in [-0.1, -0.05) is 214 Å². The van der Waals surface area contributed by atoms with E-state index in [1.54, 1.807) is 0 Å². The van der Waals surface area contributed by atoms with Crippen molar-refractivity contribution in [2.75, 3.05) is 0 Å². The summed E-state index contributed by atoms with van der Waals surface area (Å²) in [7, 11) is 0. The van der Waals surface area contributed by atoms with Crippen LogP contribution in [0.15, 0.2) is 84.9 Å². The third-order valence-corrected chi connectivity index (χ3v) is 11.2. The zero-order valence-electron chi connectivity index (χ0n) is 31.3. The van der Waals surface area contributed by atoms with Crippen LogP contribution in [0.1, 0.15) is 165 Å². The van der Waals surface area contributed by atoms with Gasteiger partial charge in [-0.15, -0.1) is 0 Å². The number of aryl methyl sites for hydroxylation is 2. The molecule has 0 radical (unpaired) electrons. The first kappa shape index (κ1) is 37.1. The molecule has 0 atom stereocenters. The molecule has 0 aromatic heterocycles. The van der Waals surface area contributed by atoms with Gasteiger partial charge in [-0.3, -0.25) is 0 Å². The molecule has 0 fully saturated rings. The van der Waals surface area contributed by atoms with Crippen molar-refractivity contribution in [2.45, 2.75) is 162 Å². The summed E-state index contributed by atoms with van der Waals surface area (Å²) in [6.07, 6.45) is 31.1. The van der Waals surface area contributed by atoms with Gasteiger partial charge >= 0.3 is 0 Å². The predicted molar refractivity (Wildman–Crippen MR) is 217 cm³/mol. The lowest BCUT2D eigenvalue weighted by atomic mass is 9.83. The second-order valence-corrected chi connectivity index (χ2v) is 15.0. The summed E-state index contributed by atoms with van der Waals surface area (Å²) < 4.78 is 0. The molecule has 0 N–H and O–H groups in total. The van der Waals surface area contributed by atoms with Crippen LogP contribution >= 0.6 is 0 Å². The van der Waals surface area contributed by atoms with Crippen molar-refractivity contribution in [1.82, 2.24) is 0 Å². The largest absolute Gasteiger partial charge is 0.0654 e. The van der Waals surface area contributed by atoms with Crippen LogP contribution < -0.4 is 0 Å². The Hall–Kier alpha value is -3.12. The van der Waals surface area contributed by atoms with Gasteiger partial charge in [0.1, 0.15) is 0 Å². The number of benzene rings is 4. The molecule has 1 aliphatic rings. The molecule has 5 rings (SSSR count). The van der Waals surface area contributed by atoms with Gasteiger partial charge in [0.25, 0.3) is 0 Å². The van der Waals surface area contributed by atoms with E-state index in [0.717, 1.165) is 6.42 Å². The van der Waals surface area contributed by atoms with Crippen LogP contribution in [0.2, 0.25) is 0 Å². The van der Waals surface area contributed by atoms with Crippen LogP contribution in [0.4, 0.5) is 0 Å². The third-order valence-electron chi connectivity index (χ3n) is 11.2. The molecule has 0 saturated heterocycles. The van der Waals surface area contributed by atoms with Crippen LogP contribution in [0.25, 0.3) is 33.4 Å². The minimum Gasteiger partial charge on any atom is -0.0654 e. The van der Waals surface area contributed by atoms with Crippen LogP contribution in [0, 0.1) is 0 Å². The average molecular weight is 655 g/mol. The lowest BCUT2D eigenvalue weighted by molar-refractivity contribution is 0.556. The summed E-state index contributed by atoms with van der Waals surface area (Å²) in [5.74, 6) is 0. The molecular formula is C49H66. The highest BCUT2D eigenvalue weighted by Gasteiger charge is 2.25. The number of hydrogen-bond donors (Lipinski definition) is 0. The van der Waals surface area contributed by atoms with Crippen molar-refractivity contribution in [2.24, 2.45) is 0 Å². The second kappa shape index (κ2) is 21.2. The second-order valence-electron chi connectivity index (χ2n) is 15.0. The van der Waals surface area contributed by atoms with Crippen LogP contribution in [-0.2, 0) is 19.3 Å². The highest BCUT2D eigenvalue weighted by Crippen LogP contribution is 2.47. The molecular weight excluding hydrogens is 589 g/mol. The van der Waals surface area contributed by atoms with Crippen molar-refractivity contribution in [3.8, 4) is 33.4 Å². The quantitative estimate of drug-likeness (QED) is 0.0581. The monoisotopic (exact) mass is 655 g/mol. The maximum Gasteiger partial charge on any atom is -0.000706 e. The molecule has 4 aromatic rings. The molecule has 0 bridgehead atoms. The van der Waals surface area contributed by atoms with E-state index >= 15 is 0 Å². The highest BCUT2D eigenvalue weighted by atomic mass is 14.3. The molecule has 0 unspecified atom stereocenters. The van der Waals surface area contributed by atoms with Crippen LogP contribution in [0.5, 0.6) is 0 Å². The van der Waals surface area contributed by atoms with Gasteiger partial charge in [0.05, 0.1) is 0 Å². The van der Waals surface area contributed by atoms with E-state index in [-0.39, 0.29) is 0 Å². The van der Waals surface area contributed by atoms with Crippen molar-refractivity contribution in [3.63, 3.8) is 0 Å². The minimum atomic E-state index is 1.03. The highest BCUT2D eigenvalue weighted by molar-refractivity contribution is 5.95. The van der Waals surface area contributed by atoms with Gasteiger partial charge in [0.15, 0.2) is 0 Å². The Kier molecular flexibility index (Phi) is 16.1. The average Bonchev–Trinajstić information content (AvgIpc) is 3.52. The zero-order valence-corrected chi connectivity index (χ0v) is 31.3. The lowest BCUT2D eigenvalue weighted by Gasteiger charge is -2.20. The van der Waals surface area contributed by atoms with Gasteiger partial charge in [0.2, 0.25) is 0 Å². The SMILES string of the molecule is CCCCCCCCCCCCc1ccccc1-c1ccc2c(c1-c1ccccc1CCCCCCCCCCCC)Cc1ccccc1-2. The van der Waals surface area contributed by atoms with Gasteiger partial charge < -0.3 is 0 Å². The van der Waals surface area contributed by atoms with Crippen LogP contribution in [-0.4, -0.2) is 0 Å². The maximum absolute atomic E-state index is 2.46. The Morgan fingerprint density at radius 2 is 0.755 bits per heavy atom. The molecule has 262 valence electrons. The van der Waals surface area contributed by atoms with Crippen molar-refractivity contribution >= 4 is 0 Å². The summed E-state index contributed by atoms with van der Waals surface area (Å²) >= 11 is 0. The summed E-state index contributed by atoms with van der Waals surface area (Å²) in [6.45, 7) is 4.61. The Morgan fingerprint density at radius 3 is 1.31 bits per heavy atom. The predicted octanol–water partition coefficient (Wildman–Crippen LogP) is 15.5. The first-order chi connectivity index (χ1) is 24.3. The molecule has 0 amide bonds. The molecule has 0 saturated carbocycles. The molecule has 49 heavy (non-hydrogen) atoms. The first-order valence-corrected chi connectivity index (χ1v) is 20.7. The Bertz CT molecular complexity index is 1520. The van der Waals surface area contributed by atoms with E-state index in [4.69, 9.17) is 0 Å². The topological polar surface area (TPSA) is 0 Å². The summed E-state index contributed by atoms with van der Waals surface area (Å²) in [6, 6.07) is 32.7. The number of hydrogen-bond acceptors (Lipinski definition) is 0. The fraction of sp³-hybridized carbons (Fsp3) is 0.510.